The average Bonchev–Trinajstić information content (AvgIpc) is 1.67. The second kappa shape index (κ2) is 50.2. The number of hydroxylamine groups is 2. The lowest BCUT2D eigenvalue weighted by atomic mass is 9.52. The molecule has 14 rings (SSSR count). The van der Waals surface area contributed by atoms with Crippen LogP contribution in [0.3, 0.4) is 0 Å². The van der Waals surface area contributed by atoms with E-state index in [-0.39, 0.29) is 137 Å². The molecule has 8 bridgehead atoms. The number of benzene rings is 1. The Kier molecular flexibility index (Phi) is 43.4. The summed E-state index contributed by atoms with van der Waals surface area (Å²) < 4.78 is 109. The summed E-state index contributed by atoms with van der Waals surface area (Å²) in [5, 5.41) is 9.90. The van der Waals surface area contributed by atoms with Crippen molar-refractivity contribution in [1.82, 2.24) is 9.79 Å². The van der Waals surface area contributed by atoms with Crippen LogP contribution in [-0.2, 0) is 144 Å². The summed E-state index contributed by atoms with van der Waals surface area (Å²) in [5.41, 5.74) is -5.03. The molecule has 3 aliphatic heterocycles. The van der Waals surface area contributed by atoms with Gasteiger partial charge >= 0.3 is 65.7 Å². The highest BCUT2D eigenvalue weighted by molar-refractivity contribution is 7.88. The number of nitrogens with zero attached hydrogens (tertiary/aromatic N) is 2. The Morgan fingerprint density at radius 3 is 1.41 bits per heavy atom. The number of carbonyl (C=O) groups is 13. The number of fused-ring (bicyclic) bond motifs is 2. The molecule has 1 aromatic rings. The van der Waals surface area contributed by atoms with Crippen molar-refractivity contribution in [2.24, 2.45) is 109 Å². The number of hydrogen-bond acceptors (Lipinski definition) is 30. The van der Waals surface area contributed by atoms with Crippen LogP contribution in [0.25, 0.3) is 0 Å². The van der Waals surface area contributed by atoms with Crippen molar-refractivity contribution < 1.29 is 136 Å². The molecular weight excluding hydrogens is 1900 g/mol. The smallest absolute Gasteiger partial charge is 0.336 e. The van der Waals surface area contributed by atoms with Crippen LogP contribution in [0.1, 0.15) is 393 Å². The van der Waals surface area contributed by atoms with Gasteiger partial charge in [0.25, 0.3) is 21.9 Å². The Balaban J connectivity index is 0.000000255. The van der Waals surface area contributed by atoms with Gasteiger partial charge in [-0.2, -0.15) is 13.7 Å². The number of nitrogens with one attached hydrogen (secondary N) is 1. The number of rotatable bonds is 32. The van der Waals surface area contributed by atoms with Gasteiger partial charge in [0.2, 0.25) is 10.0 Å². The molecule has 13 fully saturated rings. The van der Waals surface area contributed by atoms with Crippen molar-refractivity contribution in [3.63, 3.8) is 0 Å². The monoisotopic (exact) mass is 2080 g/mol. The number of methoxy groups -OCH3 is 1. The molecule has 3 saturated heterocycles. The minimum atomic E-state index is -3.52. The third-order valence-corrected chi connectivity index (χ3v) is 35.1. The Bertz CT molecular complexity index is 4900. The average molecular weight is 2080 g/mol. The van der Waals surface area contributed by atoms with Crippen LogP contribution in [0.2, 0.25) is 0 Å². The van der Waals surface area contributed by atoms with Gasteiger partial charge in [-0.1, -0.05) is 134 Å². The number of amides is 2. The Labute approximate surface area is 865 Å². The summed E-state index contributed by atoms with van der Waals surface area (Å²) in [7, 11) is -5.35. The summed E-state index contributed by atoms with van der Waals surface area (Å²) in [6.07, 6.45) is 22.3. The fraction of sp³-hybridized carbons (Fsp3) is 0.820. The molecule has 3 heterocycles. The number of ether oxygens (including phenoxy) is 10. The molecule has 10 saturated carbocycles. The van der Waals surface area contributed by atoms with Crippen molar-refractivity contribution in [2.45, 2.75) is 452 Å². The standard InChI is InChI=1S/C17H28O5S.C16H22O6.C15H19NO4.C15H22O2.C13H25NO4S.C13H24O2.C12H24O2.C10H15NO4/c1-5-15(2,3)14(18)21-16-7-12-6-13(8-16)10-17(9-12,11-16)22-23(4,19)20;1-5-16(2,3)15(19)22-12-7-6-8-10(9(7)13(17)20-4)14(18)21-11(8)12;1-4-14(2,3)12(17)19-10-8-5-9-11(10)20-13(18)15(9,6-8)7-16;1-6-14(2,3)13(16)17-15(4,5)12-10-8-7-9-11-12;1-5-13(2,3)12(15)18-11-8-6-10(7-9-11)14-19(4,16)17;1-5-12(2,3)11(14)15-13(4)9-7-6-8-10-13;1-7-12(6,8-2)14-11(13)10(5)9(3)4;1-6(2)7(3)10(14)15-11-8(12)4-5-9(11)13/h12-13H,5-11H2,1-4H3;7-12H,5-6H2,1-4H3;8-11H,4-6H2,1-3H3;7-11H,6H2,1-5H3;10-11,14H,5-9H2,1-4H3;5-10H2,1-4H3;9-10H,7-8H2,1-6H3;6-7H,4-5H2,1-3H3. The van der Waals surface area contributed by atoms with Crippen LogP contribution in [0.4, 0.5) is 0 Å². The molecule has 1 N–H and O–H groups in total. The van der Waals surface area contributed by atoms with Crippen LogP contribution >= 0.6 is 0 Å². The molecule has 10 aliphatic carbocycles. The molecule has 1 aromatic carbocycles. The van der Waals surface area contributed by atoms with Gasteiger partial charge < -0.3 is 52.2 Å². The van der Waals surface area contributed by atoms with E-state index in [1.807, 2.05) is 210 Å². The molecule has 13 aliphatic rings. The van der Waals surface area contributed by atoms with E-state index >= 15 is 0 Å². The highest BCUT2D eigenvalue weighted by atomic mass is 32.2. The van der Waals surface area contributed by atoms with Crippen molar-refractivity contribution in [2.75, 3.05) is 19.6 Å². The SMILES string of the molecule is CC(C)C(C)C(=O)ON1C(=O)CCC1=O.CCC(C)(C)C(=O)OC(C)(C)c1ccccc1.CCC(C)(C)C(=O)OC1(C)CCCCC1.CCC(C)(C)C(=O)OC12CC3CC(C1)CC(OS(C)(=O)=O)(C3)C2.CCC(C)(C)C(=O)OC1C2CC3C1OC(=O)C3(C#N)C2.CCC(C)(C)C(=O)OC1C2CC3C1OC(=O)C3C2C(=O)OC.CCC(C)(C)C(=O)OC1CCC(NS(C)(=O)=O)CC1.CCC(C)(CC)OC(=O)C(C)C(C)C. The zero-order valence-corrected chi connectivity index (χ0v) is 95.3. The molecule has 2 amide bonds. The van der Waals surface area contributed by atoms with E-state index in [0.717, 1.165) is 127 Å². The van der Waals surface area contributed by atoms with Crippen molar-refractivity contribution in [3.05, 3.63) is 35.9 Å². The summed E-state index contributed by atoms with van der Waals surface area (Å²) in [5.74, 6) is -4.05. The zero-order valence-electron chi connectivity index (χ0n) is 93.6. The highest BCUT2D eigenvalue weighted by Gasteiger charge is 2.73. The number of hydrogen-bond donors (Lipinski definition) is 1. The summed E-state index contributed by atoms with van der Waals surface area (Å²) in [6, 6.07) is 11.9. The van der Waals surface area contributed by atoms with Gasteiger partial charge in [-0.15, -0.1) is 5.06 Å². The van der Waals surface area contributed by atoms with E-state index in [0.29, 0.717) is 54.9 Å². The predicted molar refractivity (Wildman–Crippen MR) is 544 cm³/mol. The molecule has 15 unspecified atom stereocenters. The first-order chi connectivity index (χ1) is 66.7. The van der Waals surface area contributed by atoms with E-state index < -0.39 is 129 Å². The molecule has 34 heteroatoms. The third-order valence-electron chi connectivity index (χ3n) is 33.7. The summed E-state index contributed by atoms with van der Waals surface area (Å²) >= 11 is 0. The van der Waals surface area contributed by atoms with Gasteiger partial charge in [0.15, 0.2) is 5.41 Å². The molecular formula is C111H179N3O29S2. The first-order valence-electron chi connectivity index (χ1n) is 53.2. The molecule has 15 atom stereocenters. The number of carbonyl (C=O) groups excluding carboxylic acids is 13. The van der Waals surface area contributed by atoms with E-state index in [4.69, 9.17) is 56.4 Å². The Morgan fingerprint density at radius 1 is 0.517 bits per heavy atom. The molecule has 0 radical (unpaired) electrons. The molecule has 0 aromatic heterocycles. The van der Waals surface area contributed by atoms with Gasteiger partial charge in [-0.25, -0.2) is 17.9 Å². The van der Waals surface area contributed by atoms with Crippen LogP contribution in [0, 0.1) is 120 Å². The van der Waals surface area contributed by atoms with Gasteiger partial charge in [0.05, 0.1) is 87.5 Å². The zero-order chi connectivity index (χ0) is 110. The van der Waals surface area contributed by atoms with Gasteiger partial charge in [0, 0.05) is 49.0 Å². The third kappa shape index (κ3) is 32.4. The molecule has 0 spiro atoms. The quantitative estimate of drug-likeness (QED) is 0.0303. The minimum Gasteiger partial charge on any atom is -0.469 e. The van der Waals surface area contributed by atoms with Crippen molar-refractivity contribution in [1.29, 1.82) is 5.26 Å². The fourth-order valence-corrected chi connectivity index (χ4v) is 22.0. The lowest BCUT2D eigenvalue weighted by Gasteiger charge is -2.60. The van der Waals surface area contributed by atoms with Gasteiger partial charge in [-0.3, -0.25) is 61.7 Å². The number of nitriles is 1. The highest BCUT2D eigenvalue weighted by Crippen LogP contribution is 2.64. The van der Waals surface area contributed by atoms with E-state index in [2.05, 4.69) is 31.6 Å². The first-order valence-corrected chi connectivity index (χ1v) is 56.9. The van der Waals surface area contributed by atoms with Gasteiger partial charge in [-0.05, 0) is 294 Å². The fourth-order valence-electron chi connectivity index (χ4n) is 20.3. The summed E-state index contributed by atoms with van der Waals surface area (Å²) in [4.78, 5) is 159. The Hall–Kier alpha value is -8.16. The predicted octanol–water partition coefficient (Wildman–Crippen LogP) is 19.9. The molecule has 824 valence electrons. The van der Waals surface area contributed by atoms with Crippen molar-refractivity contribution in [3.8, 4) is 6.07 Å². The molecule has 32 nitrogen and oxygen atoms in total. The van der Waals surface area contributed by atoms with Crippen LogP contribution in [0.5, 0.6) is 0 Å². The maximum Gasteiger partial charge on any atom is 0.336 e. The topological polar surface area (TPSA) is 440 Å². The lowest BCUT2D eigenvalue weighted by Crippen LogP contribution is -2.62. The minimum absolute atomic E-state index is 0.00701. The second-order valence-corrected chi connectivity index (χ2v) is 51.9. The van der Waals surface area contributed by atoms with E-state index in [1.165, 1.54) is 32.6 Å². The second-order valence-electron chi connectivity index (χ2n) is 48.5. The van der Waals surface area contributed by atoms with Crippen LogP contribution in [0.15, 0.2) is 30.3 Å². The maximum absolute atomic E-state index is 12.6. The normalized spacial score (nSPS) is 28.1. The summed E-state index contributed by atoms with van der Waals surface area (Å²) in [6.45, 7) is 58.0. The van der Waals surface area contributed by atoms with E-state index in [1.54, 1.807) is 6.92 Å². The van der Waals surface area contributed by atoms with Crippen LogP contribution in [-0.4, -0.2) is 178 Å². The number of sulfonamides is 1. The number of esters is 10. The Morgan fingerprint density at radius 2 is 0.966 bits per heavy atom. The van der Waals surface area contributed by atoms with Crippen molar-refractivity contribution >= 4 is 97.6 Å². The van der Waals surface area contributed by atoms with Crippen LogP contribution < -0.4 is 4.72 Å². The lowest BCUT2D eigenvalue weighted by molar-refractivity contribution is -0.219. The van der Waals surface area contributed by atoms with E-state index in [9.17, 15) is 84.4 Å². The van der Waals surface area contributed by atoms with Gasteiger partial charge in [0.1, 0.15) is 52.9 Å². The first kappa shape index (κ1) is 126. The largest absolute Gasteiger partial charge is 0.469 e. The maximum atomic E-state index is 12.6. The number of imide groups is 1. The molecule has 145 heavy (non-hydrogen) atoms.